The molecule has 1 fully saturated rings. The van der Waals surface area contributed by atoms with Crippen LogP contribution in [0.15, 0.2) is 21.8 Å². The molecule has 5 nitrogen and oxygen atoms in total. The molecule has 0 aliphatic carbocycles. The van der Waals surface area contributed by atoms with Crippen LogP contribution in [0.5, 0.6) is 0 Å². The molecule has 0 saturated carbocycles. The average Bonchev–Trinajstić information content (AvgIpc) is 2.75. The third-order valence-corrected chi connectivity index (χ3v) is 2.22. The summed E-state index contributed by atoms with van der Waals surface area (Å²) in [6.07, 6.45) is 0.903. The molecule has 2 rings (SSSR count). The molecule has 0 amide bonds. The predicted octanol–water partition coefficient (Wildman–Crippen LogP) is 0.906. The molecule has 1 N–H and O–H groups in total. The maximum absolute atomic E-state index is 10.6. The first-order valence-corrected chi connectivity index (χ1v) is 4.80. The Bertz CT molecular complexity index is 314. The molecule has 13 heavy (non-hydrogen) atoms. The normalized spacial score (nSPS) is 20.7. The standard InChI is InChI=1S/C7H8O5S/c8-13(9)6-3-5(4-12-6)7-10-1-2-11-7/h3-4,7H,1-2H2,(H,8,9). The van der Waals surface area contributed by atoms with Crippen molar-refractivity contribution in [3.63, 3.8) is 0 Å². The summed E-state index contributed by atoms with van der Waals surface area (Å²) in [4.78, 5) is 0. The minimum atomic E-state index is -2.09. The summed E-state index contributed by atoms with van der Waals surface area (Å²) in [5.41, 5.74) is 0.634. The lowest BCUT2D eigenvalue weighted by Crippen LogP contribution is -1.95. The highest BCUT2D eigenvalue weighted by Gasteiger charge is 2.21. The third-order valence-electron chi connectivity index (χ3n) is 1.66. The second kappa shape index (κ2) is 3.59. The summed E-state index contributed by atoms with van der Waals surface area (Å²) in [7, 11) is 0. The second-order valence-corrected chi connectivity index (χ2v) is 3.42. The van der Waals surface area contributed by atoms with Crippen LogP contribution in [-0.2, 0) is 20.6 Å². The van der Waals surface area contributed by atoms with Gasteiger partial charge >= 0.3 is 0 Å². The van der Waals surface area contributed by atoms with Crippen molar-refractivity contribution in [3.8, 4) is 0 Å². The van der Waals surface area contributed by atoms with Crippen LogP contribution in [0.4, 0.5) is 0 Å². The van der Waals surface area contributed by atoms with Gasteiger partial charge in [-0.1, -0.05) is 0 Å². The molecule has 1 atom stereocenters. The lowest BCUT2D eigenvalue weighted by Gasteiger charge is -2.03. The molecular weight excluding hydrogens is 196 g/mol. The highest BCUT2D eigenvalue weighted by molar-refractivity contribution is 7.79. The largest absolute Gasteiger partial charge is 0.453 e. The van der Waals surface area contributed by atoms with E-state index in [1.807, 2.05) is 0 Å². The van der Waals surface area contributed by atoms with E-state index < -0.39 is 17.4 Å². The molecule has 1 aliphatic rings. The SMILES string of the molecule is O=S(O)c1cc(C2OCCO2)co1. The van der Waals surface area contributed by atoms with E-state index in [0.717, 1.165) is 0 Å². The molecule has 1 unspecified atom stereocenters. The molecule has 1 aromatic rings. The second-order valence-electron chi connectivity index (χ2n) is 2.52. The molecule has 2 heterocycles. The van der Waals surface area contributed by atoms with Crippen molar-refractivity contribution in [1.29, 1.82) is 0 Å². The van der Waals surface area contributed by atoms with Crippen molar-refractivity contribution in [2.75, 3.05) is 13.2 Å². The summed E-state index contributed by atoms with van der Waals surface area (Å²) in [6.45, 7) is 1.07. The van der Waals surface area contributed by atoms with Gasteiger partial charge in [0, 0.05) is 11.6 Å². The zero-order valence-corrected chi connectivity index (χ0v) is 7.45. The summed E-state index contributed by atoms with van der Waals surface area (Å²) in [5, 5.41) is 0.00843. The first-order chi connectivity index (χ1) is 6.27. The van der Waals surface area contributed by atoms with Crippen LogP contribution >= 0.6 is 0 Å². The first-order valence-electron chi connectivity index (χ1n) is 3.70. The minimum absolute atomic E-state index is 0.00843. The van der Waals surface area contributed by atoms with Gasteiger partial charge < -0.3 is 13.9 Å². The van der Waals surface area contributed by atoms with Gasteiger partial charge in [-0.2, -0.15) is 0 Å². The first kappa shape index (κ1) is 8.89. The molecule has 72 valence electrons. The molecule has 6 heteroatoms. The van der Waals surface area contributed by atoms with Gasteiger partial charge in [0.2, 0.25) is 16.2 Å². The Morgan fingerprint density at radius 3 is 2.69 bits per heavy atom. The molecule has 0 spiro atoms. The fourth-order valence-electron chi connectivity index (χ4n) is 1.10. The Balaban J connectivity index is 2.16. The predicted molar refractivity (Wildman–Crippen MR) is 42.4 cm³/mol. The van der Waals surface area contributed by atoms with E-state index in [4.69, 9.17) is 18.4 Å². The van der Waals surface area contributed by atoms with E-state index in [1.54, 1.807) is 0 Å². The highest BCUT2D eigenvalue weighted by atomic mass is 32.2. The minimum Gasteiger partial charge on any atom is -0.453 e. The van der Waals surface area contributed by atoms with Crippen LogP contribution in [0.2, 0.25) is 0 Å². The van der Waals surface area contributed by atoms with Crippen LogP contribution in [0.25, 0.3) is 0 Å². The number of hydrogen-bond acceptors (Lipinski definition) is 4. The maximum atomic E-state index is 10.6. The van der Waals surface area contributed by atoms with Gasteiger partial charge in [0.15, 0.2) is 6.29 Å². The highest BCUT2D eigenvalue weighted by Crippen LogP contribution is 2.25. The van der Waals surface area contributed by atoms with Crippen LogP contribution in [0, 0.1) is 0 Å². The Morgan fingerprint density at radius 2 is 2.15 bits per heavy atom. The van der Waals surface area contributed by atoms with Crippen molar-refractivity contribution in [2.45, 2.75) is 11.4 Å². The number of furan rings is 1. The fraction of sp³-hybridized carbons (Fsp3) is 0.429. The Morgan fingerprint density at radius 1 is 1.46 bits per heavy atom. The van der Waals surface area contributed by atoms with Crippen LogP contribution in [0.1, 0.15) is 11.9 Å². The molecule has 1 aromatic heterocycles. The van der Waals surface area contributed by atoms with Crippen molar-refractivity contribution >= 4 is 11.1 Å². The average molecular weight is 204 g/mol. The molecule has 0 bridgehead atoms. The molecular formula is C7H8O5S. The van der Waals surface area contributed by atoms with Crippen LogP contribution in [0.3, 0.4) is 0 Å². The third kappa shape index (κ3) is 1.80. The molecule has 1 aliphatic heterocycles. The Labute approximate surface area is 76.9 Å². The van der Waals surface area contributed by atoms with Gasteiger partial charge in [0.1, 0.15) is 6.26 Å². The fourth-order valence-corrected chi connectivity index (χ4v) is 1.46. The van der Waals surface area contributed by atoms with E-state index in [9.17, 15) is 4.21 Å². The Kier molecular flexibility index (Phi) is 2.45. The number of rotatable bonds is 2. The van der Waals surface area contributed by atoms with Crippen molar-refractivity contribution in [1.82, 2.24) is 0 Å². The Hall–Kier alpha value is -0.690. The van der Waals surface area contributed by atoms with E-state index in [-0.39, 0.29) is 5.09 Å². The van der Waals surface area contributed by atoms with Gasteiger partial charge in [0.25, 0.3) is 0 Å². The number of ether oxygens (including phenoxy) is 2. The van der Waals surface area contributed by atoms with Crippen molar-refractivity contribution < 1.29 is 22.7 Å². The van der Waals surface area contributed by atoms with E-state index in [0.29, 0.717) is 18.8 Å². The van der Waals surface area contributed by atoms with E-state index in [2.05, 4.69) is 0 Å². The van der Waals surface area contributed by atoms with Gasteiger partial charge in [-0.3, -0.25) is 4.55 Å². The van der Waals surface area contributed by atoms with Gasteiger partial charge in [0.05, 0.1) is 13.2 Å². The van der Waals surface area contributed by atoms with Crippen molar-refractivity contribution in [3.05, 3.63) is 17.9 Å². The quantitative estimate of drug-likeness (QED) is 0.725. The summed E-state index contributed by atoms with van der Waals surface area (Å²) in [6, 6.07) is 1.45. The zero-order chi connectivity index (χ0) is 9.26. The van der Waals surface area contributed by atoms with Crippen molar-refractivity contribution in [2.24, 2.45) is 0 Å². The summed E-state index contributed by atoms with van der Waals surface area (Å²) < 4.78 is 34.4. The maximum Gasteiger partial charge on any atom is 0.223 e. The zero-order valence-electron chi connectivity index (χ0n) is 6.63. The smallest absolute Gasteiger partial charge is 0.223 e. The monoisotopic (exact) mass is 204 g/mol. The van der Waals surface area contributed by atoms with Gasteiger partial charge in [-0.25, -0.2) is 4.21 Å². The van der Waals surface area contributed by atoms with E-state index >= 15 is 0 Å². The molecule has 0 radical (unpaired) electrons. The topological polar surface area (TPSA) is 68.9 Å². The van der Waals surface area contributed by atoms with Crippen LogP contribution < -0.4 is 0 Å². The lowest BCUT2D eigenvalue weighted by atomic mass is 10.3. The van der Waals surface area contributed by atoms with E-state index in [1.165, 1.54) is 12.3 Å². The van der Waals surface area contributed by atoms with Gasteiger partial charge in [-0.05, 0) is 0 Å². The van der Waals surface area contributed by atoms with Gasteiger partial charge in [-0.15, -0.1) is 0 Å². The summed E-state index contributed by atoms with van der Waals surface area (Å²) >= 11 is -2.09. The molecule has 1 saturated heterocycles. The summed E-state index contributed by atoms with van der Waals surface area (Å²) in [5.74, 6) is 0. The lowest BCUT2D eigenvalue weighted by molar-refractivity contribution is -0.0444. The van der Waals surface area contributed by atoms with Crippen LogP contribution in [-0.4, -0.2) is 22.0 Å². The molecule has 0 aromatic carbocycles. The number of hydrogen-bond donors (Lipinski definition) is 1.